The maximum Gasteiger partial charge on any atom is 0.221 e. The highest BCUT2D eigenvalue weighted by Crippen LogP contribution is 2.03. The fourth-order valence-corrected chi connectivity index (χ4v) is 1.69. The summed E-state index contributed by atoms with van der Waals surface area (Å²) < 4.78 is 0. The highest BCUT2D eigenvalue weighted by Gasteiger charge is 2.02. The summed E-state index contributed by atoms with van der Waals surface area (Å²) in [6.07, 6.45) is 1.63. The first-order valence-corrected chi connectivity index (χ1v) is 6.67. The molecule has 2 N–H and O–H groups in total. The van der Waals surface area contributed by atoms with Crippen molar-refractivity contribution < 1.29 is 4.79 Å². The zero-order chi connectivity index (χ0) is 13.4. The monoisotopic (exact) mass is 248 g/mol. The number of hydrogen-bond acceptors (Lipinski definition) is 2. The minimum Gasteiger partial charge on any atom is -0.352 e. The molecule has 0 aliphatic heterocycles. The van der Waals surface area contributed by atoms with Crippen molar-refractivity contribution in [2.45, 2.75) is 46.2 Å². The van der Waals surface area contributed by atoms with Crippen molar-refractivity contribution in [1.82, 2.24) is 10.6 Å². The minimum absolute atomic E-state index is 0.104. The molecule has 1 aromatic rings. The second-order valence-corrected chi connectivity index (χ2v) is 4.78. The van der Waals surface area contributed by atoms with Gasteiger partial charge in [0.25, 0.3) is 0 Å². The van der Waals surface area contributed by atoms with Gasteiger partial charge in [-0.05, 0) is 25.8 Å². The Labute approximate surface area is 110 Å². The summed E-state index contributed by atoms with van der Waals surface area (Å²) >= 11 is 0. The van der Waals surface area contributed by atoms with Gasteiger partial charge in [0.05, 0.1) is 0 Å². The summed E-state index contributed by atoms with van der Waals surface area (Å²) in [7, 11) is 0. The fourth-order valence-electron chi connectivity index (χ4n) is 1.69. The summed E-state index contributed by atoms with van der Waals surface area (Å²) in [5.74, 6) is 0.104. The lowest BCUT2D eigenvalue weighted by molar-refractivity contribution is -0.121. The van der Waals surface area contributed by atoms with Gasteiger partial charge in [0, 0.05) is 25.6 Å². The second kappa shape index (κ2) is 7.88. The van der Waals surface area contributed by atoms with Crippen molar-refractivity contribution in [3.8, 4) is 0 Å². The smallest absolute Gasteiger partial charge is 0.221 e. The Balaban J connectivity index is 2.21. The molecule has 0 saturated carbocycles. The predicted octanol–water partition coefficient (Wildman–Crippen LogP) is 2.39. The molecule has 0 spiro atoms. The van der Waals surface area contributed by atoms with Crippen molar-refractivity contribution in [1.29, 1.82) is 0 Å². The molecule has 0 aliphatic carbocycles. The van der Waals surface area contributed by atoms with Crippen LogP contribution in [0.2, 0.25) is 0 Å². The molecule has 100 valence electrons. The molecule has 1 aromatic carbocycles. The third-order valence-electron chi connectivity index (χ3n) is 3.03. The molecule has 3 heteroatoms. The third-order valence-corrected chi connectivity index (χ3v) is 3.03. The number of carbonyl (C=O) groups is 1. The van der Waals surface area contributed by atoms with Gasteiger partial charge < -0.3 is 10.6 Å². The Kier molecular flexibility index (Phi) is 6.44. The average Bonchev–Trinajstić information content (AvgIpc) is 2.36. The third kappa shape index (κ3) is 5.82. The molecular weight excluding hydrogens is 224 g/mol. The molecule has 0 aromatic heterocycles. The van der Waals surface area contributed by atoms with E-state index in [1.54, 1.807) is 0 Å². The Morgan fingerprint density at radius 1 is 1.39 bits per heavy atom. The first-order chi connectivity index (χ1) is 8.61. The fraction of sp³-hybridized carbons (Fsp3) is 0.533. The van der Waals surface area contributed by atoms with Gasteiger partial charge in [-0.1, -0.05) is 36.8 Å². The summed E-state index contributed by atoms with van der Waals surface area (Å²) in [4.78, 5) is 11.6. The number of benzene rings is 1. The van der Waals surface area contributed by atoms with Crippen LogP contribution in [0.1, 0.15) is 37.8 Å². The van der Waals surface area contributed by atoms with Crippen LogP contribution in [0.4, 0.5) is 0 Å². The molecule has 3 nitrogen and oxygen atoms in total. The van der Waals surface area contributed by atoms with Crippen LogP contribution in [0.15, 0.2) is 24.3 Å². The largest absolute Gasteiger partial charge is 0.352 e. The van der Waals surface area contributed by atoms with Crippen LogP contribution >= 0.6 is 0 Å². The first kappa shape index (κ1) is 14.7. The van der Waals surface area contributed by atoms with Crippen LogP contribution in [0.25, 0.3) is 0 Å². The van der Waals surface area contributed by atoms with Gasteiger partial charge in [0.15, 0.2) is 0 Å². The highest BCUT2D eigenvalue weighted by molar-refractivity contribution is 5.76. The van der Waals surface area contributed by atoms with Gasteiger partial charge in [-0.2, -0.15) is 0 Å². The van der Waals surface area contributed by atoms with E-state index in [4.69, 9.17) is 0 Å². The number of nitrogens with one attached hydrogen (secondary N) is 2. The van der Waals surface area contributed by atoms with Crippen molar-refractivity contribution in [2.75, 3.05) is 6.54 Å². The molecule has 0 fully saturated rings. The van der Waals surface area contributed by atoms with Crippen LogP contribution in [0, 0.1) is 6.92 Å². The van der Waals surface area contributed by atoms with Crippen LogP contribution < -0.4 is 10.6 Å². The molecule has 0 heterocycles. The molecule has 1 unspecified atom stereocenters. The minimum atomic E-state index is 0.104. The molecule has 1 rings (SSSR count). The molecule has 0 saturated heterocycles. The topological polar surface area (TPSA) is 41.1 Å². The van der Waals surface area contributed by atoms with Gasteiger partial charge in [0.2, 0.25) is 5.91 Å². The standard InChI is InChI=1S/C15H24N2O/c1-4-13(3)16-9-8-15(18)17-11-14-7-5-6-12(2)10-14/h5-7,10,13,16H,4,8-9,11H2,1-3H3,(H,17,18). The maximum atomic E-state index is 11.6. The lowest BCUT2D eigenvalue weighted by atomic mass is 10.1. The molecule has 0 aliphatic rings. The Morgan fingerprint density at radius 3 is 2.83 bits per heavy atom. The normalized spacial score (nSPS) is 12.2. The molecule has 0 radical (unpaired) electrons. The Morgan fingerprint density at radius 2 is 2.17 bits per heavy atom. The number of carbonyl (C=O) groups excluding carboxylic acids is 1. The number of aryl methyl sites for hydroxylation is 1. The molecular formula is C15H24N2O. The molecule has 18 heavy (non-hydrogen) atoms. The quantitative estimate of drug-likeness (QED) is 0.778. The van der Waals surface area contributed by atoms with Gasteiger partial charge in [-0.15, -0.1) is 0 Å². The van der Waals surface area contributed by atoms with Crippen molar-refractivity contribution in [3.05, 3.63) is 35.4 Å². The van der Waals surface area contributed by atoms with Crippen molar-refractivity contribution >= 4 is 5.91 Å². The van der Waals surface area contributed by atoms with Crippen LogP contribution in [-0.2, 0) is 11.3 Å². The van der Waals surface area contributed by atoms with E-state index in [0.29, 0.717) is 19.0 Å². The van der Waals surface area contributed by atoms with E-state index in [-0.39, 0.29) is 5.91 Å². The summed E-state index contributed by atoms with van der Waals surface area (Å²) in [5, 5.41) is 6.25. The Bertz CT molecular complexity index is 377. The first-order valence-electron chi connectivity index (χ1n) is 6.67. The zero-order valence-electron chi connectivity index (χ0n) is 11.6. The van der Waals surface area contributed by atoms with Crippen LogP contribution in [0.5, 0.6) is 0 Å². The number of hydrogen-bond donors (Lipinski definition) is 2. The van der Waals surface area contributed by atoms with E-state index >= 15 is 0 Å². The van der Waals surface area contributed by atoms with E-state index < -0.39 is 0 Å². The molecule has 1 atom stereocenters. The lowest BCUT2D eigenvalue weighted by Gasteiger charge is -2.11. The van der Waals surface area contributed by atoms with Crippen LogP contribution in [0.3, 0.4) is 0 Å². The molecule has 0 bridgehead atoms. The zero-order valence-corrected chi connectivity index (χ0v) is 11.6. The summed E-state index contributed by atoms with van der Waals surface area (Å²) in [5.41, 5.74) is 2.37. The van der Waals surface area contributed by atoms with E-state index in [9.17, 15) is 4.79 Å². The van der Waals surface area contributed by atoms with Crippen molar-refractivity contribution in [3.63, 3.8) is 0 Å². The average molecular weight is 248 g/mol. The lowest BCUT2D eigenvalue weighted by Crippen LogP contribution is -2.31. The molecule has 1 amide bonds. The highest BCUT2D eigenvalue weighted by atomic mass is 16.1. The number of amides is 1. The van der Waals surface area contributed by atoms with Gasteiger partial charge >= 0.3 is 0 Å². The summed E-state index contributed by atoms with van der Waals surface area (Å²) in [6.45, 7) is 7.68. The van der Waals surface area contributed by atoms with Gasteiger partial charge in [0.1, 0.15) is 0 Å². The predicted molar refractivity (Wildman–Crippen MR) is 75.4 cm³/mol. The number of rotatable bonds is 7. The van der Waals surface area contributed by atoms with E-state index in [1.807, 2.05) is 12.1 Å². The van der Waals surface area contributed by atoms with E-state index in [1.165, 1.54) is 5.56 Å². The van der Waals surface area contributed by atoms with E-state index in [0.717, 1.165) is 18.5 Å². The maximum absolute atomic E-state index is 11.6. The van der Waals surface area contributed by atoms with E-state index in [2.05, 4.69) is 43.5 Å². The van der Waals surface area contributed by atoms with Crippen LogP contribution in [-0.4, -0.2) is 18.5 Å². The van der Waals surface area contributed by atoms with Crippen molar-refractivity contribution in [2.24, 2.45) is 0 Å². The second-order valence-electron chi connectivity index (χ2n) is 4.78. The van der Waals surface area contributed by atoms with Gasteiger partial charge in [-0.25, -0.2) is 0 Å². The SMILES string of the molecule is CCC(C)NCCC(=O)NCc1cccc(C)c1. The summed E-state index contributed by atoms with van der Waals surface area (Å²) in [6, 6.07) is 8.68. The van der Waals surface area contributed by atoms with Gasteiger partial charge in [-0.3, -0.25) is 4.79 Å². The Hall–Kier alpha value is -1.35.